The minimum absolute atomic E-state index is 0.0513. The van der Waals surface area contributed by atoms with Crippen molar-refractivity contribution < 1.29 is 53.9 Å². The van der Waals surface area contributed by atoms with Crippen LogP contribution in [0, 0.1) is 5.82 Å². The molecule has 53 heavy (non-hydrogen) atoms. The molecule has 2 aromatic carbocycles. The molecule has 2 heterocycles. The number of anilines is 2. The Bertz CT molecular complexity index is 1830. The molecule has 0 bridgehead atoms. The Labute approximate surface area is 300 Å². The number of carbonyl (C=O) groups is 2. The van der Waals surface area contributed by atoms with Gasteiger partial charge in [0.25, 0.3) is 12.6 Å². The number of allylic oxidation sites excluding steroid dienone is 1. The second-order valence-corrected chi connectivity index (χ2v) is 13.7. The van der Waals surface area contributed by atoms with Gasteiger partial charge in [-0.15, -0.1) is 10.2 Å². The van der Waals surface area contributed by atoms with Crippen LogP contribution in [0.15, 0.2) is 58.1 Å². The van der Waals surface area contributed by atoms with Crippen LogP contribution in [0.25, 0.3) is 11.5 Å². The number of halogens is 8. The smallest absolute Gasteiger partial charge is 0.432 e. The number of aromatic nitrogens is 2. The molecule has 3 aromatic rings. The summed E-state index contributed by atoms with van der Waals surface area (Å²) >= 11 is 0. The lowest BCUT2D eigenvalue weighted by Gasteiger charge is -2.29. The molecule has 0 radical (unpaired) electrons. The van der Waals surface area contributed by atoms with Gasteiger partial charge in [0.2, 0.25) is 11.8 Å². The molecule has 286 valence electrons. The van der Waals surface area contributed by atoms with E-state index >= 15 is 13.2 Å². The summed E-state index contributed by atoms with van der Waals surface area (Å²) in [6.45, 7) is 6.63. The zero-order valence-corrected chi connectivity index (χ0v) is 29.4. The normalized spacial score (nSPS) is 15.4. The zero-order valence-electron chi connectivity index (χ0n) is 29.4. The minimum atomic E-state index is -4.70. The van der Waals surface area contributed by atoms with E-state index in [-0.39, 0.29) is 30.6 Å². The lowest BCUT2D eigenvalue weighted by Crippen LogP contribution is -2.42. The Morgan fingerprint density at radius 3 is 2.36 bits per heavy atom. The van der Waals surface area contributed by atoms with E-state index in [1.54, 1.807) is 24.3 Å². The van der Waals surface area contributed by atoms with Gasteiger partial charge in [-0.3, -0.25) is 0 Å². The summed E-state index contributed by atoms with van der Waals surface area (Å²) in [6, 6.07) is 6.06. The van der Waals surface area contributed by atoms with Gasteiger partial charge < -0.3 is 29.1 Å². The molecule has 1 N–H and O–H groups in total. The summed E-state index contributed by atoms with van der Waals surface area (Å²) in [4.78, 5) is 30.0. The van der Waals surface area contributed by atoms with Crippen molar-refractivity contribution in [1.82, 2.24) is 15.5 Å². The molecule has 1 aliphatic rings. The summed E-state index contributed by atoms with van der Waals surface area (Å²) in [5.41, 5.74) is -2.86. The maximum atomic E-state index is 16.1. The topological polar surface area (TPSA) is 113 Å². The monoisotopic (exact) mass is 756 g/mol. The molecule has 1 unspecified atom stereocenters. The average molecular weight is 757 g/mol. The van der Waals surface area contributed by atoms with Crippen molar-refractivity contribution in [2.75, 3.05) is 23.9 Å². The number of nitrogens with one attached hydrogen (secondary N) is 1. The molecule has 1 amide bonds. The van der Waals surface area contributed by atoms with Gasteiger partial charge in [-0.2, -0.15) is 13.2 Å². The van der Waals surface area contributed by atoms with Gasteiger partial charge in [-0.1, -0.05) is 25.0 Å². The highest BCUT2D eigenvalue weighted by molar-refractivity contribution is 6.72. The first-order valence-electron chi connectivity index (χ1n) is 16.2. The Hall–Kier alpha value is -4.97. The van der Waals surface area contributed by atoms with Crippen molar-refractivity contribution in [1.29, 1.82) is 0 Å². The molecule has 0 aliphatic carbocycles. The first-order chi connectivity index (χ1) is 24.5. The third kappa shape index (κ3) is 10.8. The van der Waals surface area contributed by atoms with Gasteiger partial charge in [0, 0.05) is 50.4 Å². The molecule has 1 fully saturated rings. The summed E-state index contributed by atoms with van der Waals surface area (Å²) < 4.78 is 125. The number of ether oxygens (including phenoxy) is 1. The van der Waals surface area contributed by atoms with Gasteiger partial charge in [-0.05, 0) is 56.9 Å². The maximum Gasteiger partial charge on any atom is 0.432 e. The van der Waals surface area contributed by atoms with Gasteiger partial charge in [0.15, 0.2) is 5.79 Å². The molecule has 1 saturated heterocycles. The van der Waals surface area contributed by atoms with Gasteiger partial charge >= 0.3 is 12.3 Å². The quantitative estimate of drug-likeness (QED) is 0.0633. The Balaban J connectivity index is 1.67. The molecule has 0 saturated carbocycles. The molecule has 4 rings (SSSR count). The number of amides is 1. The Morgan fingerprint density at radius 1 is 1.13 bits per heavy atom. The lowest BCUT2D eigenvalue weighted by molar-refractivity contribution is -0.112. The number of carbonyl (C=O) groups excluding carboxylic acids is 2. The van der Waals surface area contributed by atoms with E-state index in [4.69, 9.17) is 9.15 Å². The predicted octanol–water partition coefficient (Wildman–Crippen LogP) is 7.37. The number of aldehydes is 1. The van der Waals surface area contributed by atoms with Crippen LogP contribution in [0.4, 0.5) is 51.3 Å². The van der Waals surface area contributed by atoms with E-state index in [1.165, 1.54) is 44.7 Å². The van der Waals surface area contributed by atoms with E-state index < -0.39 is 90.2 Å². The number of alkyl halides is 7. The highest BCUT2D eigenvalue weighted by Crippen LogP contribution is 2.42. The number of hydrogen-bond donors (Lipinski definition) is 1. The number of hydrogen-bond acceptors (Lipinski definition) is 8. The van der Waals surface area contributed by atoms with Crippen LogP contribution < -0.4 is 20.9 Å². The van der Waals surface area contributed by atoms with Crippen LogP contribution in [-0.4, -0.2) is 73.5 Å². The molecule has 1 aliphatic heterocycles. The lowest BCUT2D eigenvalue weighted by atomic mass is 9.48. The third-order valence-electron chi connectivity index (χ3n) is 8.13. The van der Waals surface area contributed by atoms with Crippen molar-refractivity contribution in [2.24, 2.45) is 4.99 Å². The van der Waals surface area contributed by atoms with E-state index in [9.17, 15) is 31.5 Å². The molecule has 1 aromatic heterocycles. The fourth-order valence-corrected chi connectivity index (χ4v) is 5.47. The molecule has 10 nitrogen and oxygen atoms in total. The largest absolute Gasteiger partial charge is 0.444 e. The number of benzene rings is 2. The Morgan fingerprint density at radius 2 is 1.79 bits per heavy atom. The molecule has 19 heteroatoms. The van der Waals surface area contributed by atoms with Gasteiger partial charge in [0.1, 0.15) is 23.4 Å². The van der Waals surface area contributed by atoms with E-state index in [0.29, 0.717) is 17.3 Å². The van der Waals surface area contributed by atoms with Crippen molar-refractivity contribution >= 4 is 42.6 Å². The molecular weight excluding hydrogens is 719 g/mol. The number of aliphatic imine (C=N–C) groups is 1. The highest BCUT2D eigenvalue weighted by Gasteiger charge is 2.45. The van der Waals surface area contributed by atoms with Crippen LogP contribution in [0.1, 0.15) is 44.7 Å². The number of rotatable bonds is 13. The van der Waals surface area contributed by atoms with Crippen LogP contribution >= 0.6 is 0 Å². The first-order valence-corrected chi connectivity index (χ1v) is 16.2. The number of alkyl carbamates (subject to hydrolysis) is 1. The van der Waals surface area contributed by atoms with E-state index in [1.807, 2.05) is 0 Å². The van der Waals surface area contributed by atoms with Crippen molar-refractivity contribution in [3.63, 3.8) is 0 Å². The first kappa shape index (κ1) is 40.8. The average Bonchev–Trinajstić information content (AvgIpc) is 3.68. The van der Waals surface area contributed by atoms with Crippen molar-refractivity contribution in [3.05, 3.63) is 65.6 Å². The van der Waals surface area contributed by atoms with Crippen LogP contribution in [-0.2, 0) is 22.0 Å². The minimum Gasteiger partial charge on any atom is -0.444 e. The molecule has 1 atom stereocenters. The fourth-order valence-electron chi connectivity index (χ4n) is 5.47. The second kappa shape index (κ2) is 15.6. The van der Waals surface area contributed by atoms with Gasteiger partial charge in [-0.25, -0.2) is 31.7 Å². The second-order valence-electron chi connectivity index (χ2n) is 13.7. The summed E-state index contributed by atoms with van der Waals surface area (Å²) in [7, 11) is 2.87. The van der Waals surface area contributed by atoms with Gasteiger partial charge in [0.05, 0.1) is 17.9 Å². The fraction of sp³-hybridized carbons (Fsp3) is 0.441. The Kier molecular flexibility index (Phi) is 12.0. The predicted molar refractivity (Wildman–Crippen MR) is 183 cm³/mol. The third-order valence-corrected chi connectivity index (χ3v) is 8.13. The highest BCUT2D eigenvalue weighted by atomic mass is 19.4. The van der Waals surface area contributed by atoms with Crippen LogP contribution in [0.3, 0.4) is 0 Å². The van der Waals surface area contributed by atoms with Crippen LogP contribution in [0.2, 0.25) is 12.6 Å². The number of nitrogens with zero attached hydrogens (tertiary/aromatic N) is 5. The SMILES string of the molecule is C=C(N=CN(C)c1ccc(CN(C)c2cc(-c3nnc(B4CCC(F)(F)C4)o3)c(F)cc2C(F)(F)CC(C=O)NC(=O)OC(C)(C)C)cc1)C(F)(F)F. The van der Waals surface area contributed by atoms with Crippen LogP contribution in [0.5, 0.6) is 0 Å². The standard InChI is InChI=1S/C34H37BF8N6O4/c1-20(34(41,42)43)44-19-49(6)23-9-7-21(8-10-23)16-48(5)27-13-24(28-46-47-29(52-28)35-12-11-32(37,38)18-35)26(36)14-25(27)33(39,40)15-22(17-50)45-30(51)53-31(2,3)4/h7-10,13-14,17,19,22H,1,11-12,15-16,18H2,2-6H3,(H,45,51). The molecule has 0 spiro atoms. The summed E-state index contributed by atoms with van der Waals surface area (Å²) in [5, 5.41) is 9.70. The summed E-state index contributed by atoms with van der Waals surface area (Å²) in [5.74, 6) is -8.67. The van der Waals surface area contributed by atoms with Crippen molar-refractivity contribution in [2.45, 2.75) is 82.5 Å². The zero-order chi connectivity index (χ0) is 39.5. The maximum absolute atomic E-state index is 16.1. The van der Waals surface area contributed by atoms with E-state index in [0.717, 1.165) is 12.4 Å². The molecular formula is C34H37BF8N6O4. The van der Waals surface area contributed by atoms with E-state index in [2.05, 4.69) is 27.1 Å². The summed E-state index contributed by atoms with van der Waals surface area (Å²) in [6.07, 6.45) is -6.97. The van der Waals surface area contributed by atoms with Crippen molar-refractivity contribution in [3.8, 4) is 11.5 Å².